The van der Waals surface area contributed by atoms with Crippen LogP contribution in [-0.2, 0) is 13.1 Å². The van der Waals surface area contributed by atoms with E-state index in [0.717, 1.165) is 54.6 Å². The number of rotatable bonds is 7. The molecule has 0 saturated carbocycles. The van der Waals surface area contributed by atoms with Crippen molar-refractivity contribution >= 4 is 27.9 Å². The Labute approximate surface area is 171 Å². The van der Waals surface area contributed by atoms with Gasteiger partial charge in [0.15, 0.2) is 5.96 Å². The molecule has 0 aliphatic carbocycles. The largest absolute Gasteiger partial charge is 0.357 e. The normalized spacial score (nSPS) is 12.0. The van der Waals surface area contributed by atoms with Gasteiger partial charge in [0.25, 0.3) is 0 Å². The van der Waals surface area contributed by atoms with Crippen molar-refractivity contribution in [2.75, 3.05) is 13.1 Å². The second kappa shape index (κ2) is 8.82. The Hall–Kier alpha value is -3.28. The van der Waals surface area contributed by atoms with Crippen molar-refractivity contribution < 1.29 is 0 Å². The third-order valence-electron chi connectivity index (χ3n) is 5.03. The van der Waals surface area contributed by atoms with Crippen molar-refractivity contribution in [3.63, 3.8) is 0 Å². The summed E-state index contributed by atoms with van der Waals surface area (Å²) in [7, 11) is 0. The van der Waals surface area contributed by atoms with Gasteiger partial charge in [-0.3, -0.25) is 0 Å². The first-order valence-corrected chi connectivity index (χ1v) is 10.3. The Bertz CT molecular complexity index is 1090. The molecule has 3 N–H and O–H groups in total. The van der Waals surface area contributed by atoms with Crippen LogP contribution in [0.5, 0.6) is 0 Å². The highest BCUT2D eigenvalue weighted by atomic mass is 15.2. The minimum Gasteiger partial charge on any atom is -0.357 e. The van der Waals surface area contributed by atoms with Crippen LogP contribution in [0.2, 0.25) is 0 Å². The lowest BCUT2D eigenvalue weighted by atomic mass is 10.2. The molecule has 0 spiro atoms. The Morgan fingerprint density at radius 2 is 1.93 bits per heavy atom. The average molecular weight is 389 g/mol. The number of H-pyrrole nitrogens is 1. The molecule has 0 bridgehead atoms. The third-order valence-corrected chi connectivity index (χ3v) is 5.03. The first kappa shape index (κ1) is 19.1. The van der Waals surface area contributed by atoms with E-state index in [2.05, 4.69) is 81.5 Å². The maximum atomic E-state index is 4.73. The highest BCUT2D eigenvalue weighted by Crippen LogP contribution is 2.16. The zero-order valence-corrected chi connectivity index (χ0v) is 17.1. The molecular weight excluding hydrogens is 360 g/mol. The average Bonchev–Trinajstić information content (AvgIpc) is 3.29. The van der Waals surface area contributed by atoms with Crippen molar-refractivity contribution in [1.82, 2.24) is 25.2 Å². The summed E-state index contributed by atoms with van der Waals surface area (Å²) in [5.74, 6) is 1.91. The highest BCUT2D eigenvalue weighted by Gasteiger charge is 2.06. The number of aromatic nitrogens is 3. The number of aryl methyl sites for hydroxylation is 2. The maximum Gasteiger partial charge on any atom is 0.191 e. The fourth-order valence-corrected chi connectivity index (χ4v) is 3.65. The summed E-state index contributed by atoms with van der Waals surface area (Å²) in [4.78, 5) is 12.8. The Morgan fingerprint density at radius 1 is 1.10 bits per heavy atom. The van der Waals surface area contributed by atoms with Crippen LogP contribution in [0.25, 0.3) is 21.9 Å². The van der Waals surface area contributed by atoms with Crippen molar-refractivity contribution in [2.45, 2.75) is 33.4 Å². The molecule has 2 aromatic carbocycles. The minimum atomic E-state index is 0.620. The number of fused-ring (bicyclic) bond motifs is 2. The molecule has 0 unspecified atom stereocenters. The zero-order valence-electron chi connectivity index (χ0n) is 17.1. The Morgan fingerprint density at radius 3 is 2.79 bits per heavy atom. The van der Waals surface area contributed by atoms with Crippen LogP contribution in [0.15, 0.2) is 59.6 Å². The van der Waals surface area contributed by atoms with Crippen LogP contribution >= 0.6 is 0 Å². The molecule has 0 aliphatic rings. The summed E-state index contributed by atoms with van der Waals surface area (Å²) in [6.45, 7) is 7.39. The van der Waals surface area contributed by atoms with Gasteiger partial charge in [0.1, 0.15) is 5.82 Å². The molecule has 0 fully saturated rings. The van der Waals surface area contributed by atoms with Gasteiger partial charge < -0.3 is 20.2 Å². The second-order valence-electron chi connectivity index (χ2n) is 7.16. The monoisotopic (exact) mass is 388 g/mol. The van der Waals surface area contributed by atoms with Gasteiger partial charge in [0.05, 0.1) is 17.6 Å². The maximum absolute atomic E-state index is 4.73. The summed E-state index contributed by atoms with van der Waals surface area (Å²) >= 11 is 0. The van der Waals surface area contributed by atoms with Gasteiger partial charge in [-0.2, -0.15) is 0 Å². The van der Waals surface area contributed by atoms with Crippen molar-refractivity contribution in [3.05, 3.63) is 66.1 Å². The van der Waals surface area contributed by atoms with Crippen molar-refractivity contribution in [1.29, 1.82) is 0 Å². The molecule has 0 saturated heterocycles. The third kappa shape index (κ3) is 4.42. The number of imidazole rings is 1. The van der Waals surface area contributed by atoms with Crippen LogP contribution in [0.3, 0.4) is 0 Å². The van der Waals surface area contributed by atoms with E-state index in [0.29, 0.717) is 6.54 Å². The van der Waals surface area contributed by atoms with Gasteiger partial charge in [-0.25, -0.2) is 9.98 Å². The number of hydrogen-bond donors (Lipinski definition) is 3. The van der Waals surface area contributed by atoms with E-state index in [4.69, 9.17) is 4.99 Å². The van der Waals surface area contributed by atoms with E-state index in [1.165, 1.54) is 10.9 Å². The summed E-state index contributed by atoms with van der Waals surface area (Å²) in [5.41, 5.74) is 4.53. The zero-order chi connectivity index (χ0) is 20.1. The molecule has 0 atom stereocenters. The molecule has 4 aromatic rings. The van der Waals surface area contributed by atoms with E-state index in [-0.39, 0.29) is 0 Å². The number of aliphatic imine (C=N–C) groups is 1. The minimum absolute atomic E-state index is 0.620. The number of benzene rings is 2. The predicted octanol–water partition coefficient (Wildman–Crippen LogP) is 3.97. The number of nitrogens with zero attached hydrogens (tertiary/aromatic N) is 3. The van der Waals surface area contributed by atoms with Crippen LogP contribution in [0, 0.1) is 6.92 Å². The van der Waals surface area contributed by atoms with Crippen molar-refractivity contribution in [2.24, 2.45) is 4.99 Å². The first-order valence-electron chi connectivity index (χ1n) is 10.3. The Balaban J connectivity index is 1.34. The number of guanidine groups is 1. The standard InChI is InChI=1S/C23H28N6/c1-3-24-23(26-16-19-15-18-9-4-5-10-20(18)28-19)25-13-8-14-29-17(2)27-21-11-6-7-12-22(21)29/h4-7,9-12,15,28H,3,8,13-14,16H2,1-2H3,(H2,24,25,26). The van der Waals surface area contributed by atoms with Gasteiger partial charge >= 0.3 is 0 Å². The molecule has 0 radical (unpaired) electrons. The lowest BCUT2D eigenvalue weighted by Crippen LogP contribution is -2.38. The van der Waals surface area contributed by atoms with Crippen molar-refractivity contribution in [3.8, 4) is 0 Å². The summed E-state index contributed by atoms with van der Waals surface area (Å²) < 4.78 is 2.28. The molecule has 150 valence electrons. The molecule has 2 aromatic heterocycles. The van der Waals surface area contributed by atoms with E-state index >= 15 is 0 Å². The number of para-hydroxylation sites is 3. The SMILES string of the molecule is CCNC(=NCc1cc2ccccc2[nH]1)NCCCn1c(C)nc2ccccc21. The van der Waals surface area contributed by atoms with Crippen LogP contribution in [0.1, 0.15) is 24.9 Å². The molecule has 0 aliphatic heterocycles. The van der Waals surface area contributed by atoms with E-state index in [1.807, 2.05) is 12.1 Å². The summed E-state index contributed by atoms with van der Waals surface area (Å²) in [6.07, 6.45) is 0.998. The number of aromatic amines is 1. The van der Waals surface area contributed by atoms with Crippen LogP contribution in [-0.4, -0.2) is 33.6 Å². The lowest BCUT2D eigenvalue weighted by molar-refractivity contribution is 0.624. The fraction of sp³-hybridized carbons (Fsp3) is 0.304. The first-order chi connectivity index (χ1) is 14.2. The number of hydrogen-bond acceptors (Lipinski definition) is 2. The molecule has 6 heteroatoms. The van der Waals surface area contributed by atoms with Gasteiger partial charge in [-0.05, 0) is 49.9 Å². The fourth-order valence-electron chi connectivity index (χ4n) is 3.65. The molecule has 6 nitrogen and oxygen atoms in total. The van der Waals surface area contributed by atoms with E-state index in [1.54, 1.807) is 0 Å². The van der Waals surface area contributed by atoms with Gasteiger partial charge in [-0.1, -0.05) is 30.3 Å². The highest BCUT2D eigenvalue weighted by molar-refractivity contribution is 5.81. The summed E-state index contributed by atoms with van der Waals surface area (Å²) in [6, 6.07) is 18.8. The topological polar surface area (TPSA) is 70.0 Å². The van der Waals surface area contributed by atoms with Crippen LogP contribution < -0.4 is 10.6 Å². The smallest absolute Gasteiger partial charge is 0.191 e. The Kier molecular flexibility index (Phi) is 5.79. The second-order valence-corrected chi connectivity index (χ2v) is 7.16. The van der Waals surface area contributed by atoms with Gasteiger partial charge in [0, 0.05) is 30.8 Å². The quantitative estimate of drug-likeness (QED) is 0.255. The molecule has 4 rings (SSSR count). The summed E-state index contributed by atoms with van der Waals surface area (Å²) in [5, 5.41) is 7.99. The molecule has 29 heavy (non-hydrogen) atoms. The molecule has 0 amide bonds. The van der Waals surface area contributed by atoms with Gasteiger partial charge in [0.2, 0.25) is 0 Å². The molecular formula is C23H28N6. The van der Waals surface area contributed by atoms with Crippen LogP contribution in [0.4, 0.5) is 0 Å². The van der Waals surface area contributed by atoms with E-state index < -0.39 is 0 Å². The molecule has 2 heterocycles. The van der Waals surface area contributed by atoms with E-state index in [9.17, 15) is 0 Å². The number of nitrogens with one attached hydrogen (secondary N) is 3. The predicted molar refractivity (Wildman–Crippen MR) is 120 cm³/mol. The van der Waals surface area contributed by atoms with Gasteiger partial charge in [-0.15, -0.1) is 0 Å². The lowest BCUT2D eigenvalue weighted by Gasteiger charge is -2.12.